The molecule has 15 heavy (non-hydrogen) atoms. The Morgan fingerprint density at radius 3 is 2.20 bits per heavy atom. The van der Waals surface area contributed by atoms with Gasteiger partial charge in [-0.2, -0.15) is 0 Å². The minimum Gasteiger partial charge on any atom is -0.481 e. The van der Waals surface area contributed by atoms with Crippen molar-refractivity contribution in [2.75, 3.05) is 0 Å². The molecule has 0 heterocycles. The van der Waals surface area contributed by atoms with E-state index in [0.717, 1.165) is 0 Å². The monoisotopic (exact) mass is 217 g/mol. The zero-order chi connectivity index (χ0) is 12.0. The Morgan fingerprint density at radius 1 is 1.33 bits per heavy atom. The second-order valence-corrected chi connectivity index (χ2v) is 3.86. The molecule has 0 aromatic heterocycles. The molecule has 3 N–H and O–H groups in total. The summed E-state index contributed by atoms with van der Waals surface area (Å²) in [4.78, 5) is 21.7. The number of aliphatic carboxylic acids is 1. The Morgan fingerprint density at radius 2 is 1.87 bits per heavy atom. The Hall–Kier alpha value is -1.10. The second-order valence-electron chi connectivity index (χ2n) is 3.86. The number of aliphatic hydroxyl groups is 1. The van der Waals surface area contributed by atoms with Crippen LogP contribution in [0.25, 0.3) is 0 Å². The number of nitrogens with one attached hydrogen (secondary N) is 1. The van der Waals surface area contributed by atoms with Crippen LogP contribution in [0.15, 0.2) is 0 Å². The third-order valence-corrected chi connectivity index (χ3v) is 2.16. The summed E-state index contributed by atoms with van der Waals surface area (Å²) >= 11 is 0. The molecule has 0 aromatic rings. The molecule has 0 saturated heterocycles. The largest absolute Gasteiger partial charge is 0.481 e. The molecule has 2 atom stereocenters. The van der Waals surface area contributed by atoms with Gasteiger partial charge in [0.2, 0.25) is 5.91 Å². The number of hydrogen-bond acceptors (Lipinski definition) is 3. The van der Waals surface area contributed by atoms with Crippen molar-refractivity contribution in [1.82, 2.24) is 5.32 Å². The number of carbonyl (C=O) groups is 2. The van der Waals surface area contributed by atoms with Crippen LogP contribution in [0, 0.1) is 5.92 Å². The standard InChI is InChI=1S/C10H19NO4/c1-4-8(12)11-7(5-9(13)14)10(15)6(2)3/h6-7,10,15H,4-5H2,1-3H3,(H,11,12)(H,13,14). The molecule has 0 aliphatic rings. The molecule has 1 amide bonds. The molecule has 0 aromatic carbocycles. The summed E-state index contributed by atoms with van der Waals surface area (Å²) in [5, 5.41) is 20.8. The average Bonchev–Trinajstić information content (AvgIpc) is 2.14. The van der Waals surface area contributed by atoms with Crippen LogP contribution in [-0.4, -0.2) is 34.2 Å². The van der Waals surface area contributed by atoms with E-state index < -0.39 is 18.1 Å². The molecule has 88 valence electrons. The molecule has 0 radical (unpaired) electrons. The first kappa shape index (κ1) is 13.9. The molecule has 5 nitrogen and oxygen atoms in total. The van der Waals surface area contributed by atoms with E-state index in [-0.39, 0.29) is 24.7 Å². The highest BCUT2D eigenvalue weighted by atomic mass is 16.4. The van der Waals surface area contributed by atoms with Gasteiger partial charge in [0.15, 0.2) is 0 Å². The van der Waals surface area contributed by atoms with Crippen molar-refractivity contribution in [3.05, 3.63) is 0 Å². The smallest absolute Gasteiger partial charge is 0.305 e. The predicted octanol–water partition coefficient (Wildman–Crippen LogP) is 0.373. The van der Waals surface area contributed by atoms with E-state index in [2.05, 4.69) is 5.32 Å². The van der Waals surface area contributed by atoms with Crippen LogP contribution < -0.4 is 5.32 Å². The lowest BCUT2D eigenvalue weighted by Gasteiger charge is -2.25. The van der Waals surface area contributed by atoms with E-state index >= 15 is 0 Å². The van der Waals surface area contributed by atoms with Crippen LogP contribution in [0.1, 0.15) is 33.6 Å². The summed E-state index contributed by atoms with van der Waals surface area (Å²) in [6.45, 7) is 5.23. The van der Waals surface area contributed by atoms with E-state index in [1.807, 2.05) is 0 Å². The third-order valence-electron chi connectivity index (χ3n) is 2.16. The zero-order valence-electron chi connectivity index (χ0n) is 9.36. The van der Waals surface area contributed by atoms with Crippen LogP contribution in [0.5, 0.6) is 0 Å². The third kappa shape index (κ3) is 5.37. The molecule has 0 saturated carbocycles. The SMILES string of the molecule is CCC(=O)NC(CC(=O)O)C(O)C(C)C. The zero-order valence-corrected chi connectivity index (χ0v) is 9.36. The maximum Gasteiger partial charge on any atom is 0.305 e. The van der Waals surface area contributed by atoms with Crippen molar-refractivity contribution in [2.24, 2.45) is 5.92 Å². The summed E-state index contributed by atoms with van der Waals surface area (Å²) in [6, 6.07) is -0.713. The van der Waals surface area contributed by atoms with Gasteiger partial charge in [0.1, 0.15) is 0 Å². The van der Waals surface area contributed by atoms with Crippen LogP contribution in [-0.2, 0) is 9.59 Å². The van der Waals surface area contributed by atoms with E-state index in [9.17, 15) is 14.7 Å². The maximum atomic E-state index is 11.1. The first-order valence-corrected chi connectivity index (χ1v) is 5.07. The Bertz CT molecular complexity index is 227. The lowest BCUT2D eigenvalue weighted by Crippen LogP contribution is -2.46. The van der Waals surface area contributed by atoms with Gasteiger partial charge < -0.3 is 15.5 Å². The first-order chi connectivity index (χ1) is 6.88. The van der Waals surface area contributed by atoms with Crippen molar-refractivity contribution in [2.45, 2.75) is 45.8 Å². The number of aliphatic hydroxyl groups excluding tert-OH is 1. The fraction of sp³-hybridized carbons (Fsp3) is 0.800. The van der Waals surface area contributed by atoms with Crippen LogP contribution in [0.3, 0.4) is 0 Å². The number of carbonyl (C=O) groups excluding carboxylic acids is 1. The molecule has 0 fully saturated rings. The highest BCUT2D eigenvalue weighted by molar-refractivity contribution is 5.77. The van der Waals surface area contributed by atoms with Crippen molar-refractivity contribution >= 4 is 11.9 Å². The molecule has 0 rings (SSSR count). The Kier molecular flexibility index (Phi) is 5.93. The molecule has 0 spiro atoms. The van der Waals surface area contributed by atoms with Crippen molar-refractivity contribution < 1.29 is 19.8 Å². The Balaban J connectivity index is 4.43. The van der Waals surface area contributed by atoms with E-state index in [0.29, 0.717) is 0 Å². The number of amides is 1. The summed E-state index contributed by atoms with van der Waals surface area (Å²) in [7, 11) is 0. The van der Waals surface area contributed by atoms with Gasteiger partial charge in [-0.1, -0.05) is 20.8 Å². The lowest BCUT2D eigenvalue weighted by molar-refractivity contribution is -0.139. The molecule has 5 heteroatoms. The van der Waals surface area contributed by atoms with Gasteiger partial charge in [-0.25, -0.2) is 0 Å². The Labute approximate surface area is 89.5 Å². The van der Waals surface area contributed by atoms with E-state index in [1.165, 1.54) is 0 Å². The number of hydrogen-bond donors (Lipinski definition) is 3. The van der Waals surface area contributed by atoms with Gasteiger partial charge in [-0.3, -0.25) is 9.59 Å². The van der Waals surface area contributed by atoms with Gasteiger partial charge in [-0.05, 0) is 5.92 Å². The van der Waals surface area contributed by atoms with E-state index in [4.69, 9.17) is 5.11 Å². The fourth-order valence-corrected chi connectivity index (χ4v) is 1.22. The van der Waals surface area contributed by atoms with Crippen molar-refractivity contribution in [3.8, 4) is 0 Å². The summed E-state index contributed by atoms with van der Waals surface area (Å²) in [5.41, 5.74) is 0. The molecular formula is C10H19NO4. The molecule has 0 aliphatic carbocycles. The van der Waals surface area contributed by atoms with Crippen LogP contribution in [0.4, 0.5) is 0 Å². The normalized spacial score (nSPS) is 14.7. The van der Waals surface area contributed by atoms with Gasteiger partial charge in [0.05, 0.1) is 18.6 Å². The molecule has 2 unspecified atom stereocenters. The van der Waals surface area contributed by atoms with Crippen LogP contribution in [0.2, 0.25) is 0 Å². The van der Waals surface area contributed by atoms with Crippen LogP contribution >= 0.6 is 0 Å². The summed E-state index contributed by atoms with van der Waals surface area (Å²) < 4.78 is 0. The molecule has 0 aliphatic heterocycles. The van der Waals surface area contributed by atoms with Gasteiger partial charge in [-0.15, -0.1) is 0 Å². The minimum atomic E-state index is -1.03. The highest BCUT2D eigenvalue weighted by Gasteiger charge is 2.25. The number of rotatable bonds is 6. The maximum absolute atomic E-state index is 11.1. The number of carboxylic acids is 1. The van der Waals surface area contributed by atoms with Gasteiger partial charge in [0, 0.05) is 6.42 Å². The van der Waals surface area contributed by atoms with Gasteiger partial charge >= 0.3 is 5.97 Å². The topological polar surface area (TPSA) is 86.6 Å². The van der Waals surface area contributed by atoms with Gasteiger partial charge in [0.25, 0.3) is 0 Å². The second kappa shape index (κ2) is 6.40. The van der Waals surface area contributed by atoms with Crippen molar-refractivity contribution in [1.29, 1.82) is 0 Å². The first-order valence-electron chi connectivity index (χ1n) is 5.07. The fourth-order valence-electron chi connectivity index (χ4n) is 1.22. The van der Waals surface area contributed by atoms with Crippen molar-refractivity contribution in [3.63, 3.8) is 0 Å². The molecule has 0 bridgehead atoms. The summed E-state index contributed by atoms with van der Waals surface area (Å²) in [6.07, 6.45) is -0.817. The summed E-state index contributed by atoms with van der Waals surface area (Å²) in [5.74, 6) is -1.37. The average molecular weight is 217 g/mol. The number of carboxylic acid groups (broad SMARTS) is 1. The highest BCUT2D eigenvalue weighted by Crippen LogP contribution is 2.09. The van der Waals surface area contributed by atoms with E-state index in [1.54, 1.807) is 20.8 Å². The lowest BCUT2D eigenvalue weighted by atomic mass is 9.97. The molecular weight excluding hydrogens is 198 g/mol. The quantitative estimate of drug-likeness (QED) is 0.600. The predicted molar refractivity (Wildman–Crippen MR) is 55.3 cm³/mol. The minimum absolute atomic E-state index is 0.0912.